The minimum atomic E-state index is -0.211. The van der Waals surface area contributed by atoms with Gasteiger partial charge in [0.15, 0.2) is 0 Å². The van der Waals surface area contributed by atoms with Crippen LogP contribution in [0.25, 0.3) is 0 Å². The maximum atomic E-state index is 13.3. The molecular formula is C15H22ClF. The quantitative estimate of drug-likeness (QED) is 0.586. The van der Waals surface area contributed by atoms with Crippen LogP contribution in [0.1, 0.15) is 50.7 Å². The fourth-order valence-electron chi connectivity index (χ4n) is 2.09. The van der Waals surface area contributed by atoms with Gasteiger partial charge in [-0.3, -0.25) is 0 Å². The fraction of sp³-hybridized carbons (Fsp3) is 0.600. The van der Waals surface area contributed by atoms with E-state index in [4.69, 9.17) is 11.6 Å². The van der Waals surface area contributed by atoms with Crippen LogP contribution in [0.2, 0.25) is 5.02 Å². The molecule has 0 N–H and O–H groups in total. The molecule has 0 saturated heterocycles. The van der Waals surface area contributed by atoms with E-state index in [1.54, 1.807) is 6.92 Å². The summed E-state index contributed by atoms with van der Waals surface area (Å²) in [7, 11) is 0. The minimum absolute atomic E-state index is 0.211. The number of hydrogen-bond acceptors (Lipinski definition) is 0. The first-order valence-corrected chi connectivity index (χ1v) is 6.87. The van der Waals surface area contributed by atoms with Gasteiger partial charge in [0.2, 0.25) is 0 Å². The largest absolute Gasteiger partial charge is 0.207 e. The van der Waals surface area contributed by atoms with Crippen LogP contribution in [0, 0.1) is 18.7 Å². The standard InChI is InChI=1S/C15H22ClF/c1-4-5-6-7-11(2)8-13-9-12(3)15(17)10-14(13)16/h9-11H,4-8H2,1-3H3/t11-/m1/s1. The molecule has 0 bridgehead atoms. The summed E-state index contributed by atoms with van der Waals surface area (Å²) in [5.41, 5.74) is 1.76. The molecule has 0 unspecified atom stereocenters. The predicted octanol–water partition coefficient (Wildman–Crippen LogP) is 5.55. The molecule has 0 amide bonds. The van der Waals surface area contributed by atoms with Crippen LogP contribution < -0.4 is 0 Å². The van der Waals surface area contributed by atoms with Gasteiger partial charge in [-0.2, -0.15) is 0 Å². The number of halogens is 2. The monoisotopic (exact) mass is 256 g/mol. The number of unbranched alkanes of at least 4 members (excludes halogenated alkanes) is 2. The Morgan fingerprint density at radius 1 is 1.29 bits per heavy atom. The Labute approximate surface area is 109 Å². The molecular weight excluding hydrogens is 235 g/mol. The number of hydrogen-bond donors (Lipinski definition) is 0. The summed E-state index contributed by atoms with van der Waals surface area (Å²) in [6.45, 7) is 6.24. The summed E-state index contributed by atoms with van der Waals surface area (Å²) in [6.07, 6.45) is 5.99. The van der Waals surface area contributed by atoms with E-state index in [2.05, 4.69) is 13.8 Å². The first-order chi connectivity index (χ1) is 8.04. The second-order valence-corrected chi connectivity index (χ2v) is 5.41. The SMILES string of the molecule is CCCCC[C@@H](C)Cc1cc(C)c(F)cc1Cl. The molecule has 96 valence electrons. The van der Waals surface area contributed by atoms with Crippen LogP contribution in [0.15, 0.2) is 12.1 Å². The molecule has 0 aliphatic rings. The van der Waals surface area contributed by atoms with E-state index < -0.39 is 0 Å². The molecule has 0 aliphatic carbocycles. The summed E-state index contributed by atoms with van der Waals surface area (Å²) in [5.74, 6) is 0.404. The summed E-state index contributed by atoms with van der Waals surface area (Å²) in [6, 6.07) is 3.32. The van der Waals surface area contributed by atoms with Gasteiger partial charge in [-0.25, -0.2) is 4.39 Å². The van der Waals surface area contributed by atoms with Crippen LogP contribution in [-0.4, -0.2) is 0 Å². The van der Waals surface area contributed by atoms with Gasteiger partial charge < -0.3 is 0 Å². The highest BCUT2D eigenvalue weighted by Gasteiger charge is 2.09. The smallest absolute Gasteiger partial charge is 0.127 e. The maximum absolute atomic E-state index is 13.3. The zero-order valence-corrected chi connectivity index (χ0v) is 11.8. The van der Waals surface area contributed by atoms with Crippen molar-refractivity contribution in [2.45, 2.75) is 52.9 Å². The fourth-order valence-corrected chi connectivity index (χ4v) is 2.32. The van der Waals surface area contributed by atoms with Gasteiger partial charge in [0, 0.05) is 5.02 Å². The van der Waals surface area contributed by atoms with Gasteiger partial charge in [-0.1, -0.05) is 57.2 Å². The zero-order chi connectivity index (χ0) is 12.8. The lowest BCUT2D eigenvalue weighted by molar-refractivity contribution is 0.492. The molecule has 17 heavy (non-hydrogen) atoms. The summed E-state index contributed by atoms with van der Waals surface area (Å²) < 4.78 is 13.3. The average Bonchev–Trinajstić information content (AvgIpc) is 2.26. The van der Waals surface area contributed by atoms with Crippen molar-refractivity contribution in [1.29, 1.82) is 0 Å². The molecule has 0 aromatic heterocycles. The number of aryl methyl sites for hydroxylation is 1. The third-order valence-electron chi connectivity index (χ3n) is 3.20. The second kappa shape index (κ2) is 7.00. The van der Waals surface area contributed by atoms with Crippen molar-refractivity contribution >= 4 is 11.6 Å². The summed E-state index contributed by atoms with van der Waals surface area (Å²) in [4.78, 5) is 0. The van der Waals surface area contributed by atoms with Crippen molar-refractivity contribution in [2.24, 2.45) is 5.92 Å². The van der Waals surface area contributed by atoms with E-state index in [-0.39, 0.29) is 5.82 Å². The van der Waals surface area contributed by atoms with Crippen molar-refractivity contribution in [1.82, 2.24) is 0 Å². The Hall–Kier alpha value is -0.560. The molecule has 0 nitrogen and oxygen atoms in total. The van der Waals surface area contributed by atoms with Crippen LogP contribution in [-0.2, 0) is 6.42 Å². The Morgan fingerprint density at radius 2 is 2.00 bits per heavy atom. The average molecular weight is 257 g/mol. The lowest BCUT2D eigenvalue weighted by atomic mass is 9.94. The van der Waals surface area contributed by atoms with E-state index in [1.165, 1.54) is 31.7 Å². The van der Waals surface area contributed by atoms with Crippen LogP contribution in [0.4, 0.5) is 4.39 Å². The van der Waals surface area contributed by atoms with E-state index in [9.17, 15) is 4.39 Å². The molecule has 0 saturated carbocycles. The molecule has 1 aromatic carbocycles. The van der Waals surface area contributed by atoms with Crippen molar-refractivity contribution < 1.29 is 4.39 Å². The number of rotatable bonds is 6. The molecule has 0 aliphatic heterocycles. The van der Waals surface area contributed by atoms with Crippen LogP contribution in [0.3, 0.4) is 0 Å². The maximum Gasteiger partial charge on any atom is 0.127 e. The van der Waals surface area contributed by atoms with Crippen molar-refractivity contribution in [3.05, 3.63) is 34.1 Å². The Bertz CT molecular complexity index is 360. The molecule has 0 fully saturated rings. The third kappa shape index (κ3) is 4.67. The topological polar surface area (TPSA) is 0 Å². The van der Waals surface area contributed by atoms with Gasteiger partial charge in [0.05, 0.1) is 0 Å². The predicted molar refractivity (Wildman–Crippen MR) is 73.2 cm³/mol. The summed E-state index contributed by atoms with van der Waals surface area (Å²) >= 11 is 6.07. The van der Waals surface area contributed by atoms with E-state index in [1.807, 2.05) is 6.07 Å². The Balaban J connectivity index is 2.58. The molecule has 0 radical (unpaired) electrons. The van der Waals surface area contributed by atoms with Gasteiger partial charge in [-0.15, -0.1) is 0 Å². The third-order valence-corrected chi connectivity index (χ3v) is 3.55. The Morgan fingerprint density at radius 3 is 2.65 bits per heavy atom. The van der Waals surface area contributed by atoms with Crippen LogP contribution >= 0.6 is 11.6 Å². The highest BCUT2D eigenvalue weighted by molar-refractivity contribution is 6.31. The highest BCUT2D eigenvalue weighted by Crippen LogP contribution is 2.24. The zero-order valence-electron chi connectivity index (χ0n) is 11.0. The second-order valence-electron chi connectivity index (χ2n) is 5.00. The lowest BCUT2D eigenvalue weighted by Gasteiger charge is -2.13. The van der Waals surface area contributed by atoms with Crippen molar-refractivity contribution in [3.63, 3.8) is 0 Å². The number of benzene rings is 1. The van der Waals surface area contributed by atoms with Gasteiger partial charge >= 0.3 is 0 Å². The minimum Gasteiger partial charge on any atom is -0.207 e. The highest BCUT2D eigenvalue weighted by atomic mass is 35.5. The summed E-state index contributed by atoms with van der Waals surface area (Å²) in [5, 5.41) is 0.565. The van der Waals surface area contributed by atoms with Gasteiger partial charge in [0.1, 0.15) is 5.82 Å². The van der Waals surface area contributed by atoms with Gasteiger partial charge in [0.25, 0.3) is 0 Å². The van der Waals surface area contributed by atoms with Gasteiger partial charge in [-0.05, 0) is 36.5 Å². The Kier molecular flexibility index (Phi) is 5.97. The first-order valence-electron chi connectivity index (χ1n) is 6.49. The molecule has 0 heterocycles. The molecule has 1 rings (SSSR count). The normalized spacial score (nSPS) is 12.8. The molecule has 1 atom stereocenters. The van der Waals surface area contributed by atoms with Crippen molar-refractivity contribution in [3.8, 4) is 0 Å². The molecule has 2 heteroatoms. The van der Waals surface area contributed by atoms with Crippen LogP contribution in [0.5, 0.6) is 0 Å². The molecule has 1 aromatic rings. The van der Waals surface area contributed by atoms with Crippen molar-refractivity contribution in [2.75, 3.05) is 0 Å². The van der Waals surface area contributed by atoms with E-state index in [0.29, 0.717) is 16.5 Å². The van der Waals surface area contributed by atoms with E-state index >= 15 is 0 Å². The van der Waals surface area contributed by atoms with E-state index in [0.717, 1.165) is 12.0 Å². The molecule has 0 spiro atoms. The first kappa shape index (κ1) is 14.5. The lowest BCUT2D eigenvalue weighted by Crippen LogP contribution is -2.01.